The van der Waals surface area contributed by atoms with Gasteiger partial charge in [0.15, 0.2) is 0 Å². The Morgan fingerprint density at radius 1 is 1.53 bits per heavy atom. The molecule has 1 saturated heterocycles. The summed E-state index contributed by atoms with van der Waals surface area (Å²) in [5.41, 5.74) is 0.745. The number of carbonyl (C=O) groups is 1. The first-order valence-electron chi connectivity index (χ1n) is 5.58. The van der Waals surface area contributed by atoms with Crippen LogP contribution in [0.2, 0.25) is 0 Å². The Morgan fingerprint density at radius 2 is 2.35 bits per heavy atom. The topological polar surface area (TPSA) is 50.4 Å². The lowest BCUT2D eigenvalue weighted by molar-refractivity contribution is -0.117. The molecule has 0 radical (unpaired) electrons. The van der Waals surface area contributed by atoms with Crippen molar-refractivity contribution in [3.05, 3.63) is 22.7 Å². The van der Waals surface area contributed by atoms with E-state index in [-0.39, 0.29) is 11.9 Å². The molecule has 0 spiro atoms. The van der Waals surface area contributed by atoms with Gasteiger partial charge in [0.25, 0.3) is 0 Å². The number of anilines is 1. The first kappa shape index (κ1) is 12.4. The summed E-state index contributed by atoms with van der Waals surface area (Å²) in [7, 11) is 1.60. The number of nitrogens with one attached hydrogen (secondary N) is 2. The number of benzene rings is 1. The molecule has 1 aromatic carbocycles. The summed E-state index contributed by atoms with van der Waals surface area (Å²) in [5.74, 6) is 0.733. The fourth-order valence-electron chi connectivity index (χ4n) is 1.89. The van der Waals surface area contributed by atoms with Crippen molar-refractivity contribution in [1.29, 1.82) is 0 Å². The SMILES string of the molecule is COc1cc(Br)cc(NC(=O)[C@@H]2CCCN2)c1. The number of carbonyl (C=O) groups excluding carboxylic acids is 1. The van der Waals surface area contributed by atoms with Crippen LogP contribution < -0.4 is 15.4 Å². The second-order valence-corrected chi connectivity index (χ2v) is 4.93. The van der Waals surface area contributed by atoms with Gasteiger partial charge in [0.2, 0.25) is 5.91 Å². The van der Waals surface area contributed by atoms with Gasteiger partial charge in [0.05, 0.1) is 13.2 Å². The Kier molecular flexibility index (Phi) is 4.02. The van der Waals surface area contributed by atoms with Crippen molar-refractivity contribution in [3.63, 3.8) is 0 Å². The molecule has 2 N–H and O–H groups in total. The van der Waals surface area contributed by atoms with E-state index in [1.54, 1.807) is 13.2 Å². The third kappa shape index (κ3) is 3.20. The number of amides is 1. The fraction of sp³-hybridized carbons (Fsp3) is 0.417. The molecule has 0 unspecified atom stereocenters. The van der Waals surface area contributed by atoms with Crippen LogP contribution in [-0.4, -0.2) is 25.6 Å². The minimum Gasteiger partial charge on any atom is -0.497 e. The van der Waals surface area contributed by atoms with Crippen LogP contribution in [0.1, 0.15) is 12.8 Å². The lowest BCUT2D eigenvalue weighted by Gasteiger charge is -2.12. The van der Waals surface area contributed by atoms with Gasteiger partial charge in [-0.1, -0.05) is 15.9 Å². The van der Waals surface area contributed by atoms with E-state index in [1.807, 2.05) is 12.1 Å². The summed E-state index contributed by atoms with van der Waals surface area (Å²) in [5, 5.41) is 6.05. The molecule has 0 aliphatic carbocycles. The standard InChI is InChI=1S/C12H15BrN2O2/c1-17-10-6-8(13)5-9(7-10)15-12(16)11-3-2-4-14-11/h5-7,11,14H,2-4H2,1H3,(H,15,16)/t11-/m0/s1. The number of halogens is 1. The number of hydrogen-bond acceptors (Lipinski definition) is 3. The van der Waals surface area contributed by atoms with Crippen LogP contribution in [0.4, 0.5) is 5.69 Å². The largest absolute Gasteiger partial charge is 0.497 e. The number of hydrogen-bond donors (Lipinski definition) is 2. The van der Waals surface area contributed by atoms with Crippen molar-refractivity contribution < 1.29 is 9.53 Å². The van der Waals surface area contributed by atoms with E-state index in [0.29, 0.717) is 5.75 Å². The highest BCUT2D eigenvalue weighted by Gasteiger charge is 2.21. The van der Waals surface area contributed by atoms with E-state index in [2.05, 4.69) is 26.6 Å². The molecule has 1 fully saturated rings. The molecule has 1 aliphatic heterocycles. The molecule has 1 aromatic rings. The third-order valence-electron chi connectivity index (χ3n) is 2.75. The fourth-order valence-corrected chi connectivity index (χ4v) is 2.36. The molecule has 4 nitrogen and oxygen atoms in total. The van der Waals surface area contributed by atoms with E-state index in [0.717, 1.165) is 29.5 Å². The maximum absolute atomic E-state index is 11.9. The quantitative estimate of drug-likeness (QED) is 0.899. The maximum atomic E-state index is 11.9. The summed E-state index contributed by atoms with van der Waals surface area (Å²) >= 11 is 3.38. The lowest BCUT2D eigenvalue weighted by Crippen LogP contribution is -2.35. The van der Waals surface area contributed by atoms with Crippen LogP contribution in [0.25, 0.3) is 0 Å². The number of rotatable bonds is 3. The van der Waals surface area contributed by atoms with E-state index in [9.17, 15) is 4.79 Å². The first-order chi connectivity index (χ1) is 8.19. The summed E-state index contributed by atoms with van der Waals surface area (Å²) in [6.45, 7) is 0.917. The normalized spacial score (nSPS) is 19.1. The molecule has 92 valence electrons. The molecule has 0 aromatic heterocycles. The predicted molar refractivity (Wildman–Crippen MR) is 70.3 cm³/mol. The summed E-state index contributed by atoms with van der Waals surface area (Å²) in [6, 6.07) is 5.44. The number of ether oxygens (including phenoxy) is 1. The van der Waals surface area contributed by atoms with E-state index >= 15 is 0 Å². The van der Waals surface area contributed by atoms with Crippen LogP contribution in [-0.2, 0) is 4.79 Å². The van der Waals surface area contributed by atoms with Crippen LogP contribution in [0.3, 0.4) is 0 Å². The second kappa shape index (κ2) is 5.51. The molecule has 2 rings (SSSR count). The van der Waals surface area contributed by atoms with Crippen molar-refractivity contribution in [2.24, 2.45) is 0 Å². The zero-order valence-electron chi connectivity index (χ0n) is 9.63. The van der Waals surface area contributed by atoms with Crippen LogP contribution in [0.15, 0.2) is 22.7 Å². The molecule has 1 atom stereocenters. The van der Waals surface area contributed by atoms with Gasteiger partial charge in [-0.05, 0) is 31.5 Å². The summed E-state index contributed by atoms with van der Waals surface area (Å²) < 4.78 is 6.03. The Hall–Kier alpha value is -1.07. The minimum absolute atomic E-state index is 0.0163. The Morgan fingerprint density at radius 3 is 3.00 bits per heavy atom. The van der Waals surface area contributed by atoms with Gasteiger partial charge >= 0.3 is 0 Å². The van der Waals surface area contributed by atoms with Crippen molar-refractivity contribution in [1.82, 2.24) is 5.32 Å². The lowest BCUT2D eigenvalue weighted by atomic mass is 10.2. The molecule has 1 heterocycles. The van der Waals surface area contributed by atoms with Gasteiger partial charge < -0.3 is 15.4 Å². The molecular weight excluding hydrogens is 284 g/mol. The van der Waals surface area contributed by atoms with Gasteiger partial charge in [-0.15, -0.1) is 0 Å². The highest BCUT2D eigenvalue weighted by atomic mass is 79.9. The van der Waals surface area contributed by atoms with E-state index in [4.69, 9.17) is 4.74 Å². The second-order valence-electron chi connectivity index (χ2n) is 4.02. The van der Waals surface area contributed by atoms with Crippen molar-refractivity contribution >= 4 is 27.5 Å². The first-order valence-corrected chi connectivity index (χ1v) is 6.37. The highest BCUT2D eigenvalue weighted by Crippen LogP contribution is 2.24. The Labute approximate surface area is 109 Å². The van der Waals surface area contributed by atoms with Crippen molar-refractivity contribution in [2.75, 3.05) is 19.0 Å². The van der Waals surface area contributed by atoms with E-state index in [1.165, 1.54) is 0 Å². The van der Waals surface area contributed by atoms with Gasteiger partial charge in [-0.2, -0.15) is 0 Å². The van der Waals surface area contributed by atoms with E-state index < -0.39 is 0 Å². The third-order valence-corrected chi connectivity index (χ3v) is 3.21. The Balaban J connectivity index is 2.06. The smallest absolute Gasteiger partial charge is 0.241 e. The molecule has 0 bridgehead atoms. The summed E-state index contributed by atoms with van der Waals surface area (Å²) in [6.07, 6.45) is 1.96. The average Bonchev–Trinajstić information content (AvgIpc) is 2.81. The van der Waals surface area contributed by atoms with Gasteiger partial charge in [-0.3, -0.25) is 4.79 Å². The molecule has 0 saturated carbocycles. The average molecular weight is 299 g/mol. The zero-order chi connectivity index (χ0) is 12.3. The van der Waals surface area contributed by atoms with Gasteiger partial charge in [0, 0.05) is 16.2 Å². The molecule has 5 heteroatoms. The monoisotopic (exact) mass is 298 g/mol. The molecule has 1 amide bonds. The molecular formula is C12H15BrN2O2. The highest BCUT2D eigenvalue weighted by molar-refractivity contribution is 9.10. The number of methoxy groups -OCH3 is 1. The van der Waals surface area contributed by atoms with Crippen molar-refractivity contribution in [2.45, 2.75) is 18.9 Å². The van der Waals surface area contributed by atoms with Crippen LogP contribution in [0.5, 0.6) is 5.75 Å². The van der Waals surface area contributed by atoms with Crippen LogP contribution >= 0.6 is 15.9 Å². The molecule has 1 aliphatic rings. The zero-order valence-corrected chi connectivity index (χ0v) is 11.2. The van der Waals surface area contributed by atoms with Crippen molar-refractivity contribution in [3.8, 4) is 5.75 Å². The predicted octanol–water partition coefficient (Wildman–Crippen LogP) is 2.15. The summed E-state index contributed by atoms with van der Waals surface area (Å²) in [4.78, 5) is 11.9. The maximum Gasteiger partial charge on any atom is 0.241 e. The Bertz CT molecular complexity index is 417. The van der Waals surface area contributed by atoms with Crippen LogP contribution in [0, 0.1) is 0 Å². The molecule has 17 heavy (non-hydrogen) atoms. The minimum atomic E-state index is -0.0695. The van der Waals surface area contributed by atoms with Gasteiger partial charge in [-0.25, -0.2) is 0 Å². The van der Waals surface area contributed by atoms with Gasteiger partial charge in [0.1, 0.15) is 5.75 Å².